The number of benzene rings is 10. The van der Waals surface area contributed by atoms with Gasteiger partial charge in [-0.15, -0.1) is 0 Å². The molecule has 11 rings (SSSR count). The summed E-state index contributed by atoms with van der Waals surface area (Å²) >= 11 is 0. The van der Waals surface area contributed by atoms with Gasteiger partial charge in [0.25, 0.3) is 0 Å². The third-order valence-corrected chi connectivity index (χ3v) is 18.0. The lowest BCUT2D eigenvalue weighted by Gasteiger charge is -2.31. The summed E-state index contributed by atoms with van der Waals surface area (Å²) in [5.41, 5.74) is 18.3. The maximum Gasteiger partial charge on any atom is 0.180 e. The van der Waals surface area contributed by atoms with Crippen LogP contribution < -0.4 is 25.6 Å². The van der Waals surface area contributed by atoms with Crippen molar-refractivity contribution in [2.45, 2.75) is 13.8 Å². The highest BCUT2D eigenvalue weighted by Gasteiger charge is 2.49. The van der Waals surface area contributed by atoms with Crippen molar-refractivity contribution in [2.75, 3.05) is 4.90 Å². The van der Waals surface area contributed by atoms with Gasteiger partial charge in [-0.05, 0) is 127 Å². The Morgan fingerprint density at radius 2 is 0.609 bits per heavy atom. The van der Waals surface area contributed by atoms with Gasteiger partial charge in [0.1, 0.15) is 0 Å². The van der Waals surface area contributed by atoms with Crippen molar-refractivity contribution in [2.24, 2.45) is 0 Å². The zero-order valence-corrected chi connectivity index (χ0v) is 37.1. The van der Waals surface area contributed by atoms with E-state index in [0.29, 0.717) is 0 Å². The lowest BCUT2D eigenvalue weighted by Crippen LogP contribution is -2.72. The van der Waals surface area contributed by atoms with Gasteiger partial charge in [0.15, 0.2) is 8.07 Å². The van der Waals surface area contributed by atoms with E-state index in [4.69, 9.17) is 0 Å². The molecule has 0 saturated heterocycles. The lowest BCUT2D eigenvalue weighted by molar-refractivity contribution is 1.28. The Morgan fingerprint density at radius 3 is 1.06 bits per heavy atom. The van der Waals surface area contributed by atoms with Crippen molar-refractivity contribution < 1.29 is 0 Å². The van der Waals surface area contributed by atoms with Crippen LogP contribution in [0.1, 0.15) is 11.1 Å². The zero-order chi connectivity index (χ0) is 43.0. The Bertz CT molecular complexity index is 3080. The van der Waals surface area contributed by atoms with Crippen LogP contribution in [0, 0.1) is 13.8 Å². The van der Waals surface area contributed by atoms with E-state index in [2.05, 4.69) is 267 Å². The maximum absolute atomic E-state index is 2.60. The van der Waals surface area contributed by atoms with Crippen molar-refractivity contribution in [3.63, 3.8) is 0 Å². The summed E-state index contributed by atoms with van der Waals surface area (Å²) in [6.07, 6.45) is 0. The predicted octanol–water partition coefficient (Wildman–Crippen LogP) is 13.8. The summed E-state index contributed by atoms with van der Waals surface area (Å²) in [5.74, 6) is 0. The highest BCUT2D eigenvalue weighted by atomic mass is 28.3. The Labute approximate surface area is 378 Å². The van der Waals surface area contributed by atoms with Crippen molar-refractivity contribution in [1.82, 2.24) is 0 Å². The molecule has 1 aliphatic rings. The largest absolute Gasteiger partial charge is 0.311 e. The molecule has 1 nitrogen and oxygen atoms in total. The van der Waals surface area contributed by atoms with E-state index in [0.717, 1.165) is 17.1 Å². The second-order valence-electron chi connectivity index (χ2n) is 17.0. The van der Waals surface area contributed by atoms with Crippen LogP contribution in [0.25, 0.3) is 55.6 Å². The van der Waals surface area contributed by atoms with E-state index in [1.165, 1.54) is 87.5 Å². The highest BCUT2D eigenvalue weighted by Crippen LogP contribution is 2.40. The second kappa shape index (κ2) is 16.5. The maximum atomic E-state index is 2.42. The quantitative estimate of drug-likeness (QED) is 0.131. The topological polar surface area (TPSA) is 3.24 Å². The van der Waals surface area contributed by atoms with Crippen LogP contribution in [-0.2, 0) is 0 Å². The second-order valence-corrected chi connectivity index (χ2v) is 20.8. The molecule has 0 amide bonds. The number of hydrogen-bond acceptors (Lipinski definition) is 1. The molecule has 0 bridgehead atoms. The molecule has 0 saturated carbocycles. The Morgan fingerprint density at radius 1 is 0.266 bits per heavy atom. The summed E-state index contributed by atoms with van der Waals surface area (Å²) in [6.45, 7) is 4.37. The molecule has 0 N–H and O–H groups in total. The molecule has 304 valence electrons. The van der Waals surface area contributed by atoms with Gasteiger partial charge >= 0.3 is 0 Å². The fourth-order valence-corrected chi connectivity index (χ4v) is 15.1. The Hall–Kier alpha value is -7.78. The summed E-state index contributed by atoms with van der Waals surface area (Å²) < 4.78 is 0. The van der Waals surface area contributed by atoms with Gasteiger partial charge in [0.2, 0.25) is 0 Å². The molecular formula is C62H47NSi. The van der Waals surface area contributed by atoms with Crippen LogP contribution in [0.2, 0.25) is 0 Å². The summed E-state index contributed by atoms with van der Waals surface area (Å²) in [6, 6.07) is 92.1. The molecule has 0 radical (unpaired) electrons. The molecule has 64 heavy (non-hydrogen) atoms. The first-order chi connectivity index (χ1) is 31.5. The van der Waals surface area contributed by atoms with E-state index >= 15 is 0 Å². The van der Waals surface area contributed by atoms with Crippen LogP contribution in [0.5, 0.6) is 0 Å². The molecule has 1 heterocycles. The molecule has 0 fully saturated rings. The molecule has 0 unspecified atom stereocenters. The summed E-state index contributed by atoms with van der Waals surface area (Å²) in [4.78, 5) is 2.35. The molecule has 10 aromatic rings. The first-order valence-corrected chi connectivity index (χ1v) is 24.2. The van der Waals surface area contributed by atoms with Gasteiger partial charge in [-0.3, -0.25) is 0 Å². The van der Waals surface area contributed by atoms with E-state index in [1.54, 1.807) is 0 Å². The first kappa shape index (κ1) is 39.1. The van der Waals surface area contributed by atoms with Crippen LogP contribution in [0.4, 0.5) is 17.1 Å². The Kier molecular flexibility index (Phi) is 10.1. The average molecular weight is 834 g/mol. The van der Waals surface area contributed by atoms with Crippen LogP contribution in [-0.4, -0.2) is 8.07 Å². The molecule has 0 spiro atoms. The van der Waals surface area contributed by atoms with Crippen LogP contribution in [0.15, 0.2) is 249 Å². The molecular weight excluding hydrogens is 787 g/mol. The summed E-state index contributed by atoms with van der Waals surface area (Å²) in [7, 11) is -2.60. The van der Waals surface area contributed by atoms with E-state index in [1.807, 2.05) is 0 Å². The monoisotopic (exact) mass is 833 g/mol. The Balaban J connectivity index is 0.949. The number of hydrogen-bond donors (Lipinski definition) is 0. The third-order valence-electron chi connectivity index (χ3n) is 13.2. The number of fused-ring (bicyclic) bond motifs is 3. The standard InChI is InChI=1S/C62H47NSi/c1-44-20-40-56(41-21-44)64(57-42-22-45(2)23-43-57)60-18-10-9-16-59(60)62-58(17-11-19-61(62)64)52-26-24-48(25-27-52)51-32-38-55(39-33-51)63(53-34-28-49(29-35-53)46-12-5-3-6-13-46)54-36-30-50(31-37-54)47-14-7-4-8-15-47/h3-43H,1-2H3. The minimum absolute atomic E-state index is 1.11. The average Bonchev–Trinajstić information content (AvgIpc) is 3.67. The molecule has 2 heteroatoms. The highest BCUT2D eigenvalue weighted by molar-refractivity contribution is 7.22. The third kappa shape index (κ3) is 6.90. The normalized spacial score (nSPS) is 12.3. The van der Waals surface area contributed by atoms with Crippen LogP contribution in [0.3, 0.4) is 0 Å². The van der Waals surface area contributed by atoms with Gasteiger partial charge in [-0.25, -0.2) is 0 Å². The van der Waals surface area contributed by atoms with Crippen molar-refractivity contribution in [3.05, 3.63) is 260 Å². The minimum Gasteiger partial charge on any atom is -0.311 e. The molecule has 1 aliphatic heterocycles. The fourth-order valence-electron chi connectivity index (χ4n) is 9.92. The lowest BCUT2D eigenvalue weighted by atomic mass is 9.93. The molecule has 0 aromatic heterocycles. The number of nitrogens with zero attached hydrogens (tertiary/aromatic N) is 1. The SMILES string of the molecule is Cc1ccc([Si]2(c3ccc(C)cc3)c3ccccc3-c3c(-c4ccc(-c5ccc(N(c6ccc(-c7ccccc7)cc6)c6ccc(-c7ccccc7)cc6)cc5)cc4)cccc32)cc1. The van der Waals surface area contributed by atoms with Gasteiger partial charge in [-0.1, -0.05) is 223 Å². The van der Waals surface area contributed by atoms with Crippen molar-refractivity contribution in [1.29, 1.82) is 0 Å². The van der Waals surface area contributed by atoms with E-state index in [-0.39, 0.29) is 0 Å². The number of rotatable bonds is 9. The molecule has 10 aromatic carbocycles. The van der Waals surface area contributed by atoms with E-state index < -0.39 is 8.07 Å². The first-order valence-electron chi connectivity index (χ1n) is 22.2. The van der Waals surface area contributed by atoms with E-state index in [9.17, 15) is 0 Å². The van der Waals surface area contributed by atoms with Gasteiger partial charge < -0.3 is 4.90 Å². The molecule has 0 atom stereocenters. The predicted molar refractivity (Wildman–Crippen MR) is 275 cm³/mol. The van der Waals surface area contributed by atoms with Crippen LogP contribution >= 0.6 is 0 Å². The van der Waals surface area contributed by atoms with Gasteiger partial charge in [0, 0.05) is 17.1 Å². The minimum atomic E-state index is -2.60. The zero-order valence-electron chi connectivity index (χ0n) is 36.1. The number of aryl methyl sites for hydroxylation is 2. The van der Waals surface area contributed by atoms with Gasteiger partial charge in [-0.2, -0.15) is 0 Å². The van der Waals surface area contributed by atoms with Crippen molar-refractivity contribution >= 4 is 45.9 Å². The van der Waals surface area contributed by atoms with Crippen molar-refractivity contribution in [3.8, 4) is 55.6 Å². The smallest absolute Gasteiger partial charge is 0.180 e. The fraction of sp³-hybridized carbons (Fsp3) is 0.0323. The van der Waals surface area contributed by atoms with Gasteiger partial charge in [0.05, 0.1) is 0 Å². The summed E-state index contributed by atoms with van der Waals surface area (Å²) in [5, 5.41) is 5.79. The molecule has 0 aliphatic carbocycles. The number of anilines is 3.